The molecular formula is C13H18Cl2F3N3O2. The van der Waals surface area contributed by atoms with Gasteiger partial charge in [0.05, 0.1) is 4.92 Å². The van der Waals surface area contributed by atoms with Crippen molar-refractivity contribution in [3.8, 4) is 0 Å². The third kappa shape index (κ3) is 5.20. The largest absolute Gasteiger partial charge is 0.408 e. The predicted molar refractivity (Wildman–Crippen MR) is 85.6 cm³/mol. The number of nitro benzene ring substituents is 1. The molecule has 23 heavy (non-hydrogen) atoms. The maximum Gasteiger partial charge on any atom is 0.408 e. The van der Waals surface area contributed by atoms with E-state index < -0.39 is 17.1 Å². The van der Waals surface area contributed by atoms with Gasteiger partial charge in [-0.05, 0) is 12.5 Å². The first kappa shape index (κ1) is 21.9. The number of hydrogen-bond acceptors (Lipinski definition) is 4. The van der Waals surface area contributed by atoms with Crippen LogP contribution < -0.4 is 5.32 Å². The second-order valence-electron chi connectivity index (χ2n) is 5.03. The van der Waals surface area contributed by atoms with Crippen LogP contribution in [0.2, 0.25) is 0 Å². The molecule has 5 nitrogen and oxygen atoms in total. The zero-order chi connectivity index (χ0) is 15.6. The molecular weight excluding hydrogens is 358 g/mol. The summed E-state index contributed by atoms with van der Waals surface area (Å²) < 4.78 is 40.2. The van der Waals surface area contributed by atoms with Crippen LogP contribution in [-0.4, -0.2) is 42.2 Å². The number of piperazine rings is 1. The third-order valence-corrected chi connectivity index (χ3v) is 3.57. The van der Waals surface area contributed by atoms with Crippen LogP contribution in [0.3, 0.4) is 0 Å². The Labute approximate surface area is 144 Å². The van der Waals surface area contributed by atoms with Crippen molar-refractivity contribution < 1.29 is 18.1 Å². The normalized spacial score (nSPS) is 16.9. The summed E-state index contributed by atoms with van der Waals surface area (Å²) >= 11 is 0. The fraction of sp³-hybridized carbons (Fsp3) is 0.538. The highest BCUT2D eigenvalue weighted by Crippen LogP contribution is 2.39. The molecule has 0 bridgehead atoms. The summed E-state index contributed by atoms with van der Waals surface area (Å²) in [6, 6.07) is 1.92. The van der Waals surface area contributed by atoms with Gasteiger partial charge in [0.15, 0.2) is 0 Å². The lowest BCUT2D eigenvalue weighted by Gasteiger charge is -2.36. The number of aryl methyl sites for hydroxylation is 1. The fourth-order valence-corrected chi connectivity index (χ4v) is 2.54. The quantitative estimate of drug-likeness (QED) is 0.650. The van der Waals surface area contributed by atoms with Crippen LogP contribution >= 0.6 is 24.8 Å². The van der Waals surface area contributed by atoms with Gasteiger partial charge in [0.25, 0.3) is 5.69 Å². The lowest BCUT2D eigenvalue weighted by Crippen LogP contribution is -2.49. The van der Waals surface area contributed by atoms with Crippen LogP contribution in [0.5, 0.6) is 0 Å². The summed E-state index contributed by atoms with van der Waals surface area (Å²) in [7, 11) is 0. The van der Waals surface area contributed by atoms with Gasteiger partial charge in [-0.15, -0.1) is 24.8 Å². The van der Waals surface area contributed by atoms with E-state index in [0.717, 1.165) is 6.07 Å². The Morgan fingerprint density at radius 3 is 2.30 bits per heavy atom. The minimum atomic E-state index is -4.47. The van der Waals surface area contributed by atoms with E-state index in [9.17, 15) is 23.3 Å². The lowest BCUT2D eigenvalue weighted by atomic mass is 10.0. The highest BCUT2D eigenvalue weighted by molar-refractivity contribution is 5.85. The summed E-state index contributed by atoms with van der Waals surface area (Å²) in [4.78, 5) is 11.6. The molecule has 1 atom stereocenters. The highest BCUT2D eigenvalue weighted by Gasteiger charge is 2.45. The molecule has 1 aliphatic rings. The summed E-state index contributed by atoms with van der Waals surface area (Å²) in [6.07, 6.45) is -4.47. The number of nitrogens with one attached hydrogen (secondary N) is 1. The Morgan fingerprint density at radius 2 is 1.83 bits per heavy atom. The third-order valence-electron chi connectivity index (χ3n) is 3.57. The van der Waals surface area contributed by atoms with Crippen molar-refractivity contribution >= 4 is 30.5 Å². The first-order valence-electron chi connectivity index (χ1n) is 6.57. The van der Waals surface area contributed by atoms with Gasteiger partial charge in [-0.1, -0.05) is 12.1 Å². The maximum absolute atomic E-state index is 13.4. The molecule has 1 aromatic carbocycles. The average Bonchev–Trinajstić information content (AvgIpc) is 2.40. The van der Waals surface area contributed by atoms with E-state index in [-0.39, 0.29) is 49.2 Å². The van der Waals surface area contributed by atoms with Crippen molar-refractivity contribution in [2.24, 2.45) is 0 Å². The molecule has 1 aromatic rings. The monoisotopic (exact) mass is 375 g/mol. The average molecular weight is 376 g/mol. The zero-order valence-corrected chi connectivity index (χ0v) is 13.9. The van der Waals surface area contributed by atoms with Gasteiger partial charge < -0.3 is 5.32 Å². The van der Waals surface area contributed by atoms with Crippen molar-refractivity contribution in [3.05, 3.63) is 39.4 Å². The summed E-state index contributed by atoms with van der Waals surface area (Å²) in [5.41, 5.74) is -0.0106. The van der Waals surface area contributed by atoms with Crippen LogP contribution in [0.25, 0.3) is 0 Å². The van der Waals surface area contributed by atoms with Crippen molar-refractivity contribution in [2.75, 3.05) is 26.2 Å². The first-order valence-corrected chi connectivity index (χ1v) is 6.57. The molecule has 0 unspecified atom stereocenters. The minimum absolute atomic E-state index is 0. The topological polar surface area (TPSA) is 58.4 Å². The Bertz CT molecular complexity index is 538. The van der Waals surface area contributed by atoms with Crippen LogP contribution in [0, 0.1) is 17.0 Å². The predicted octanol–water partition coefficient (Wildman–Crippen LogP) is 3.26. The molecule has 132 valence electrons. The molecule has 0 saturated carbocycles. The van der Waals surface area contributed by atoms with E-state index in [1.807, 2.05) is 0 Å². The van der Waals surface area contributed by atoms with Crippen molar-refractivity contribution in [1.29, 1.82) is 0 Å². The molecule has 1 saturated heterocycles. The standard InChI is InChI=1S/C13H16F3N3O2.2ClH/c1-9-2-3-10(8-11(9)19(20)21)12(13(14,15)16)18-6-4-17-5-7-18;;/h2-3,8,12,17H,4-7H2,1H3;2*1H/t12-;;/m0../s1. The van der Waals surface area contributed by atoms with Gasteiger partial charge in [0.1, 0.15) is 6.04 Å². The van der Waals surface area contributed by atoms with E-state index in [1.165, 1.54) is 24.0 Å². The van der Waals surface area contributed by atoms with Gasteiger partial charge in [-0.3, -0.25) is 15.0 Å². The Morgan fingerprint density at radius 1 is 1.26 bits per heavy atom. The summed E-state index contributed by atoms with van der Waals surface area (Å²) in [5.74, 6) is 0. The molecule has 1 aliphatic heterocycles. The van der Waals surface area contributed by atoms with Crippen LogP contribution in [-0.2, 0) is 0 Å². The molecule has 0 radical (unpaired) electrons. The minimum Gasteiger partial charge on any atom is -0.314 e. The zero-order valence-electron chi connectivity index (χ0n) is 12.3. The second-order valence-corrected chi connectivity index (χ2v) is 5.03. The van der Waals surface area contributed by atoms with E-state index in [1.54, 1.807) is 0 Å². The highest BCUT2D eigenvalue weighted by atomic mass is 35.5. The van der Waals surface area contributed by atoms with E-state index >= 15 is 0 Å². The van der Waals surface area contributed by atoms with Gasteiger partial charge in [-0.25, -0.2) is 0 Å². The number of benzene rings is 1. The van der Waals surface area contributed by atoms with Crippen molar-refractivity contribution in [3.63, 3.8) is 0 Å². The van der Waals surface area contributed by atoms with E-state index in [0.29, 0.717) is 18.7 Å². The van der Waals surface area contributed by atoms with Crippen molar-refractivity contribution in [2.45, 2.75) is 19.1 Å². The molecule has 0 aromatic heterocycles. The van der Waals surface area contributed by atoms with Crippen LogP contribution in [0.1, 0.15) is 17.2 Å². The summed E-state index contributed by atoms with van der Waals surface area (Å²) in [5, 5.41) is 13.9. The number of hydrogen-bond donors (Lipinski definition) is 1. The van der Waals surface area contributed by atoms with Gasteiger partial charge in [0.2, 0.25) is 0 Å². The SMILES string of the molecule is Cc1ccc([C@H](N2CCNCC2)C(F)(F)F)cc1[N+](=O)[O-].Cl.Cl. The second kappa shape index (κ2) is 8.68. The van der Waals surface area contributed by atoms with Gasteiger partial charge in [-0.2, -0.15) is 13.2 Å². The number of rotatable bonds is 3. The molecule has 0 spiro atoms. The molecule has 0 aliphatic carbocycles. The first-order chi connectivity index (χ1) is 9.80. The Kier molecular flexibility index (Phi) is 8.26. The van der Waals surface area contributed by atoms with Gasteiger partial charge in [0, 0.05) is 37.8 Å². The molecule has 0 amide bonds. The lowest BCUT2D eigenvalue weighted by molar-refractivity contribution is -0.385. The van der Waals surface area contributed by atoms with E-state index in [2.05, 4.69) is 5.32 Å². The molecule has 1 heterocycles. The van der Waals surface area contributed by atoms with Gasteiger partial charge >= 0.3 is 6.18 Å². The number of alkyl halides is 3. The molecule has 1 fully saturated rings. The number of nitrogens with zero attached hydrogens (tertiary/aromatic N) is 2. The smallest absolute Gasteiger partial charge is 0.314 e. The molecule has 10 heteroatoms. The summed E-state index contributed by atoms with van der Waals surface area (Å²) in [6.45, 7) is 2.97. The van der Waals surface area contributed by atoms with Crippen LogP contribution in [0.15, 0.2) is 18.2 Å². The molecule has 2 rings (SSSR count). The fourth-order valence-electron chi connectivity index (χ4n) is 2.54. The number of halogens is 5. The van der Waals surface area contributed by atoms with E-state index in [4.69, 9.17) is 0 Å². The number of nitro groups is 1. The molecule has 1 N–H and O–H groups in total. The maximum atomic E-state index is 13.4. The van der Waals surface area contributed by atoms with Crippen LogP contribution in [0.4, 0.5) is 18.9 Å². The Hall–Kier alpha value is -1.09. The Balaban J connectivity index is 0.00000242. The van der Waals surface area contributed by atoms with Crippen molar-refractivity contribution in [1.82, 2.24) is 10.2 Å².